The first-order valence-electron chi connectivity index (χ1n) is 9.31. The molecule has 1 N–H and O–H groups in total. The highest BCUT2D eigenvalue weighted by atomic mass is 16.6. The molecule has 1 saturated carbocycles. The molecule has 0 bridgehead atoms. The molecule has 144 valence electrons. The number of carbonyl (C=O) groups is 2. The maximum Gasteiger partial charge on any atom is 0.414 e. The Balaban J connectivity index is 1.48. The van der Waals surface area contributed by atoms with E-state index in [-0.39, 0.29) is 29.3 Å². The number of fused-ring (bicyclic) bond motifs is 1. The van der Waals surface area contributed by atoms with Gasteiger partial charge in [-0.1, -0.05) is 12.1 Å². The average Bonchev–Trinajstić information content (AvgIpc) is 2.95. The van der Waals surface area contributed by atoms with Crippen molar-refractivity contribution in [2.45, 2.75) is 18.4 Å². The Labute approximate surface area is 163 Å². The molecule has 0 radical (unpaired) electrons. The van der Waals surface area contributed by atoms with Crippen molar-refractivity contribution in [3.05, 3.63) is 29.8 Å². The lowest BCUT2D eigenvalue weighted by Crippen LogP contribution is -2.33. The number of amides is 2. The van der Waals surface area contributed by atoms with Crippen LogP contribution < -0.4 is 10.2 Å². The van der Waals surface area contributed by atoms with Crippen molar-refractivity contribution in [2.75, 3.05) is 37.6 Å². The van der Waals surface area contributed by atoms with Gasteiger partial charge in [0.1, 0.15) is 6.10 Å². The van der Waals surface area contributed by atoms with Crippen molar-refractivity contribution in [3.63, 3.8) is 0 Å². The average molecular weight is 379 g/mol. The van der Waals surface area contributed by atoms with E-state index >= 15 is 0 Å². The van der Waals surface area contributed by atoms with Gasteiger partial charge in [0.15, 0.2) is 0 Å². The summed E-state index contributed by atoms with van der Waals surface area (Å²) in [5.41, 5.74) is 1.60. The fraction of sp³-hybridized carbons (Fsp3) is 0.500. The van der Waals surface area contributed by atoms with Gasteiger partial charge in [0, 0.05) is 37.0 Å². The predicted molar refractivity (Wildman–Crippen MR) is 99.1 cm³/mol. The minimum absolute atomic E-state index is 0.0212. The number of cyclic esters (lactones) is 1. The first-order chi connectivity index (χ1) is 13.5. The zero-order valence-electron chi connectivity index (χ0n) is 15.6. The van der Waals surface area contributed by atoms with Gasteiger partial charge in [-0.25, -0.2) is 4.79 Å². The molecule has 8 heteroatoms. The maximum atomic E-state index is 12.2. The fourth-order valence-corrected chi connectivity index (χ4v) is 4.67. The van der Waals surface area contributed by atoms with Crippen molar-refractivity contribution in [1.29, 1.82) is 10.5 Å². The van der Waals surface area contributed by atoms with Crippen molar-refractivity contribution in [1.82, 2.24) is 10.2 Å². The molecule has 1 aliphatic carbocycles. The summed E-state index contributed by atoms with van der Waals surface area (Å²) in [5.74, 6) is 0.0775. The number of hydrogen-bond donors (Lipinski definition) is 1. The fourth-order valence-electron chi connectivity index (χ4n) is 4.67. The van der Waals surface area contributed by atoms with Crippen molar-refractivity contribution < 1.29 is 14.3 Å². The van der Waals surface area contributed by atoms with Crippen LogP contribution in [-0.2, 0) is 14.9 Å². The zero-order chi connectivity index (χ0) is 19.9. The van der Waals surface area contributed by atoms with Crippen LogP contribution in [0, 0.1) is 34.5 Å². The number of carbonyl (C=O) groups excluding carboxylic acids is 2. The highest BCUT2D eigenvalue weighted by Gasteiger charge is 2.70. The SMILES string of the molecule is CC(=O)NC[C@H]1CN(c2ccc(C34CN(CC#N)CC3C4C#N)cc2)C(=O)O1. The van der Waals surface area contributed by atoms with E-state index in [4.69, 9.17) is 10.00 Å². The Hall–Kier alpha value is -3.10. The van der Waals surface area contributed by atoms with Crippen LogP contribution in [0.5, 0.6) is 0 Å². The normalized spacial score (nSPS) is 30.9. The highest BCUT2D eigenvalue weighted by Crippen LogP contribution is 2.63. The number of hydrogen-bond acceptors (Lipinski definition) is 6. The lowest BCUT2D eigenvalue weighted by Gasteiger charge is -2.20. The number of nitriles is 2. The summed E-state index contributed by atoms with van der Waals surface area (Å²) in [7, 11) is 0. The second-order valence-corrected chi connectivity index (χ2v) is 7.68. The van der Waals surface area contributed by atoms with Crippen LogP contribution in [0.1, 0.15) is 12.5 Å². The minimum Gasteiger partial charge on any atom is -0.442 e. The van der Waals surface area contributed by atoms with E-state index in [1.807, 2.05) is 24.3 Å². The van der Waals surface area contributed by atoms with Gasteiger partial charge in [-0.3, -0.25) is 14.6 Å². The third kappa shape index (κ3) is 2.87. The first-order valence-corrected chi connectivity index (χ1v) is 9.31. The summed E-state index contributed by atoms with van der Waals surface area (Å²) in [6.07, 6.45) is -0.804. The van der Waals surface area contributed by atoms with Crippen LogP contribution >= 0.6 is 0 Å². The summed E-state index contributed by atoms with van der Waals surface area (Å²) in [6.45, 7) is 3.96. The zero-order valence-corrected chi connectivity index (χ0v) is 15.6. The molecule has 8 nitrogen and oxygen atoms in total. The van der Waals surface area contributed by atoms with Gasteiger partial charge >= 0.3 is 6.09 Å². The van der Waals surface area contributed by atoms with Gasteiger partial charge in [-0.05, 0) is 17.7 Å². The molecule has 0 aromatic heterocycles. The molecule has 2 amide bonds. The van der Waals surface area contributed by atoms with E-state index in [2.05, 4.69) is 22.4 Å². The van der Waals surface area contributed by atoms with E-state index in [9.17, 15) is 14.9 Å². The van der Waals surface area contributed by atoms with Crippen LogP contribution in [-0.4, -0.2) is 55.7 Å². The Morgan fingerprint density at radius 1 is 1.32 bits per heavy atom. The molecular weight excluding hydrogens is 358 g/mol. The number of rotatable bonds is 5. The van der Waals surface area contributed by atoms with Gasteiger partial charge in [-0.2, -0.15) is 10.5 Å². The van der Waals surface area contributed by atoms with Gasteiger partial charge in [0.2, 0.25) is 5.91 Å². The van der Waals surface area contributed by atoms with Gasteiger partial charge in [-0.15, -0.1) is 0 Å². The second kappa shape index (κ2) is 6.81. The Morgan fingerprint density at radius 3 is 2.71 bits per heavy atom. The van der Waals surface area contributed by atoms with Crippen molar-refractivity contribution in [3.8, 4) is 12.1 Å². The number of nitrogens with zero attached hydrogens (tertiary/aromatic N) is 4. The van der Waals surface area contributed by atoms with E-state index in [0.29, 0.717) is 26.2 Å². The summed E-state index contributed by atoms with van der Waals surface area (Å²) >= 11 is 0. The molecule has 1 aromatic carbocycles. The molecule has 0 spiro atoms. The molecule has 3 unspecified atom stereocenters. The third-order valence-corrected chi connectivity index (χ3v) is 6.05. The molecule has 2 heterocycles. The van der Waals surface area contributed by atoms with E-state index < -0.39 is 6.09 Å². The standard InChI is InChI=1S/C20H21N5O3/c1-13(26)23-9-16-10-25(19(27)28-16)15-4-2-14(3-5-15)20-12-24(7-6-21)11-18(20)17(20)8-22/h2-5,16-18H,7,9-12H2,1H3,(H,23,26)/t16-,17?,18?,20?/m0/s1. The summed E-state index contributed by atoms with van der Waals surface area (Å²) in [6, 6.07) is 12.3. The van der Waals surface area contributed by atoms with Crippen LogP contribution in [0.4, 0.5) is 10.5 Å². The molecule has 4 atom stereocenters. The topological polar surface area (TPSA) is 109 Å². The van der Waals surface area contributed by atoms with E-state index in [1.165, 1.54) is 6.92 Å². The maximum absolute atomic E-state index is 12.2. The minimum atomic E-state index is -0.429. The van der Waals surface area contributed by atoms with E-state index in [1.54, 1.807) is 4.90 Å². The van der Waals surface area contributed by atoms with Crippen LogP contribution in [0.25, 0.3) is 0 Å². The molecule has 3 fully saturated rings. The Morgan fingerprint density at radius 2 is 2.07 bits per heavy atom. The van der Waals surface area contributed by atoms with Crippen molar-refractivity contribution in [2.24, 2.45) is 11.8 Å². The first kappa shape index (κ1) is 18.3. The number of piperidine rings is 1. The summed E-state index contributed by atoms with van der Waals surface area (Å²) < 4.78 is 5.30. The molecule has 2 aliphatic heterocycles. The number of ether oxygens (including phenoxy) is 1. The molecule has 4 rings (SSSR count). The predicted octanol–water partition coefficient (Wildman–Crippen LogP) is 0.994. The van der Waals surface area contributed by atoms with Gasteiger partial charge in [0.05, 0.1) is 37.7 Å². The number of benzene rings is 1. The van der Waals surface area contributed by atoms with E-state index in [0.717, 1.165) is 17.8 Å². The smallest absolute Gasteiger partial charge is 0.414 e. The molecule has 1 aromatic rings. The molecule has 3 aliphatic rings. The molecular formula is C20H21N5O3. The Bertz CT molecular complexity index is 887. The Kier molecular flexibility index (Phi) is 4.44. The van der Waals surface area contributed by atoms with Crippen LogP contribution in [0.15, 0.2) is 24.3 Å². The van der Waals surface area contributed by atoms with Gasteiger partial charge in [0.25, 0.3) is 0 Å². The number of nitrogens with one attached hydrogen (secondary N) is 1. The van der Waals surface area contributed by atoms with Gasteiger partial charge < -0.3 is 10.1 Å². The summed E-state index contributed by atoms with van der Waals surface area (Å²) in [5, 5.41) is 21.1. The summed E-state index contributed by atoms with van der Waals surface area (Å²) in [4.78, 5) is 26.8. The number of anilines is 1. The number of likely N-dealkylation sites (tertiary alicyclic amines) is 1. The monoisotopic (exact) mass is 379 g/mol. The van der Waals surface area contributed by atoms with Crippen molar-refractivity contribution >= 4 is 17.7 Å². The quantitative estimate of drug-likeness (QED) is 0.764. The largest absolute Gasteiger partial charge is 0.442 e. The third-order valence-electron chi connectivity index (χ3n) is 6.05. The lowest BCUT2D eigenvalue weighted by molar-refractivity contribution is -0.119. The second-order valence-electron chi connectivity index (χ2n) is 7.68. The van der Waals surface area contributed by atoms with Crippen LogP contribution in [0.3, 0.4) is 0 Å². The highest BCUT2D eigenvalue weighted by molar-refractivity contribution is 5.89. The molecule has 2 saturated heterocycles. The van der Waals surface area contributed by atoms with Crippen LogP contribution in [0.2, 0.25) is 0 Å². The molecule has 28 heavy (non-hydrogen) atoms. The lowest BCUT2D eigenvalue weighted by atomic mass is 9.92.